The first kappa shape index (κ1) is 9.00. The molecule has 0 radical (unpaired) electrons. The van der Waals surface area contributed by atoms with Crippen molar-refractivity contribution in [3.8, 4) is 0 Å². The topological polar surface area (TPSA) is 0 Å². The van der Waals surface area contributed by atoms with E-state index in [4.69, 9.17) is 0 Å². The van der Waals surface area contributed by atoms with Crippen molar-refractivity contribution in [1.82, 2.24) is 0 Å². The molecule has 0 bridgehead atoms. The molecule has 0 amide bonds. The molecule has 66 valence electrons. The third kappa shape index (κ3) is 1.46. The van der Waals surface area contributed by atoms with E-state index in [1.165, 1.54) is 25.5 Å². The molecule has 0 saturated carbocycles. The van der Waals surface area contributed by atoms with Gasteiger partial charge in [-0.1, -0.05) is 24.3 Å². The van der Waals surface area contributed by atoms with Gasteiger partial charge in [-0.2, -0.15) is 0 Å². The molecule has 0 N–H and O–H groups in total. The minimum absolute atomic E-state index is 1.34. The van der Waals surface area contributed by atoms with Gasteiger partial charge in [0.2, 0.25) is 0 Å². The highest BCUT2D eigenvalue weighted by Gasteiger charge is 2.03. The fourth-order valence-corrected chi connectivity index (χ4v) is 2.33. The molecule has 2 rings (SSSR count). The van der Waals surface area contributed by atoms with Crippen molar-refractivity contribution in [2.24, 2.45) is 0 Å². The first-order chi connectivity index (χ1) is 6.20. The van der Waals surface area contributed by atoms with E-state index in [-0.39, 0.29) is 0 Å². The van der Waals surface area contributed by atoms with Crippen molar-refractivity contribution in [3.63, 3.8) is 0 Å². The second-order valence-corrected chi connectivity index (χ2v) is 4.49. The van der Waals surface area contributed by atoms with Crippen molar-refractivity contribution in [3.05, 3.63) is 45.0 Å². The van der Waals surface area contributed by atoms with Crippen LogP contribution in [-0.2, 0) is 0 Å². The molecule has 1 heteroatoms. The van der Waals surface area contributed by atoms with Crippen LogP contribution in [0, 0.1) is 17.4 Å². The third-order valence-electron chi connectivity index (χ3n) is 2.57. The molecule has 0 aliphatic heterocycles. The van der Waals surface area contributed by atoms with Crippen LogP contribution >= 0.6 is 22.6 Å². The summed E-state index contributed by atoms with van der Waals surface area (Å²) in [5.74, 6) is 0. The van der Waals surface area contributed by atoms with E-state index in [1.54, 1.807) is 0 Å². The van der Waals surface area contributed by atoms with Gasteiger partial charge in [0.25, 0.3) is 0 Å². The Morgan fingerprint density at radius 1 is 1.00 bits per heavy atom. The molecule has 0 aliphatic carbocycles. The maximum atomic E-state index is 2.40. The highest BCUT2D eigenvalue weighted by molar-refractivity contribution is 14.1. The highest BCUT2D eigenvalue weighted by atomic mass is 127. The molecule has 0 fully saturated rings. The predicted molar refractivity (Wildman–Crippen MR) is 66.1 cm³/mol. The number of aryl methyl sites for hydroxylation is 1. The van der Waals surface area contributed by atoms with E-state index < -0.39 is 0 Å². The molecule has 0 nitrogen and oxygen atoms in total. The lowest BCUT2D eigenvalue weighted by molar-refractivity contribution is 1.35. The summed E-state index contributed by atoms with van der Waals surface area (Å²) < 4.78 is 1.36. The maximum absolute atomic E-state index is 2.40. The molecule has 2 aromatic carbocycles. The molecule has 0 spiro atoms. The van der Waals surface area contributed by atoms with Crippen LogP contribution in [0.5, 0.6) is 0 Å². The van der Waals surface area contributed by atoms with Crippen molar-refractivity contribution in [2.75, 3.05) is 0 Å². The number of hydrogen-bond acceptors (Lipinski definition) is 0. The van der Waals surface area contributed by atoms with Crippen LogP contribution in [0.2, 0.25) is 0 Å². The van der Waals surface area contributed by atoms with Crippen LogP contribution in [0.4, 0.5) is 0 Å². The lowest BCUT2D eigenvalue weighted by Gasteiger charge is -2.07. The monoisotopic (exact) mass is 282 g/mol. The summed E-state index contributed by atoms with van der Waals surface area (Å²) in [6, 6.07) is 10.8. The second-order valence-electron chi connectivity index (χ2n) is 3.33. The number of hydrogen-bond donors (Lipinski definition) is 0. The van der Waals surface area contributed by atoms with Crippen molar-refractivity contribution in [1.29, 1.82) is 0 Å². The average molecular weight is 282 g/mol. The van der Waals surface area contributed by atoms with Gasteiger partial charge in [0.05, 0.1) is 0 Å². The van der Waals surface area contributed by atoms with E-state index >= 15 is 0 Å². The Kier molecular flexibility index (Phi) is 2.28. The molecule has 0 aromatic heterocycles. The summed E-state index contributed by atoms with van der Waals surface area (Å²) in [7, 11) is 0. The smallest absolute Gasteiger partial charge is 0.0168 e. The van der Waals surface area contributed by atoms with Gasteiger partial charge in [-0.3, -0.25) is 0 Å². The van der Waals surface area contributed by atoms with Crippen LogP contribution in [0.15, 0.2) is 30.3 Å². The van der Waals surface area contributed by atoms with E-state index in [2.05, 4.69) is 66.8 Å². The normalized spacial score (nSPS) is 10.7. The van der Waals surface area contributed by atoms with E-state index in [1.807, 2.05) is 0 Å². The molecule has 0 saturated heterocycles. The SMILES string of the molecule is Cc1c(I)cc2ccccc2c1C. The van der Waals surface area contributed by atoms with Gasteiger partial charge < -0.3 is 0 Å². The zero-order valence-corrected chi connectivity index (χ0v) is 9.92. The third-order valence-corrected chi connectivity index (χ3v) is 3.69. The first-order valence-electron chi connectivity index (χ1n) is 4.34. The first-order valence-corrected chi connectivity index (χ1v) is 5.42. The summed E-state index contributed by atoms with van der Waals surface area (Å²) >= 11 is 2.40. The minimum Gasteiger partial charge on any atom is -0.0616 e. The lowest BCUT2D eigenvalue weighted by Crippen LogP contribution is -1.87. The van der Waals surface area contributed by atoms with Crippen LogP contribution < -0.4 is 0 Å². The Labute approximate surface area is 92.1 Å². The number of benzene rings is 2. The largest absolute Gasteiger partial charge is 0.0616 e. The highest BCUT2D eigenvalue weighted by Crippen LogP contribution is 2.25. The van der Waals surface area contributed by atoms with Gasteiger partial charge in [-0.05, 0) is 64.4 Å². The molecule has 13 heavy (non-hydrogen) atoms. The van der Waals surface area contributed by atoms with Gasteiger partial charge in [-0.25, -0.2) is 0 Å². The van der Waals surface area contributed by atoms with Crippen molar-refractivity contribution in [2.45, 2.75) is 13.8 Å². The number of rotatable bonds is 0. The van der Waals surface area contributed by atoms with Crippen LogP contribution in [0.3, 0.4) is 0 Å². The Morgan fingerprint density at radius 3 is 2.46 bits per heavy atom. The molecule has 0 aliphatic rings. The Balaban J connectivity index is 2.94. The molecule has 0 unspecified atom stereocenters. The van der Waals surface area contributed by atoms with Gasteiger partial charge in [-0.15, -0.1) is 0 Å². The Morgan fingerprint density at radius 2 is 1.69 bits per heavy atom. The summed E-state index contributed by atoms with van der Waals surface area (Å²) in [6.45, 7) is 4.38. The van der Waals surface area contributed by atoms with E-state index in [9.17, 15) is 0 Å². The second kappa shape index (κ2) is 3.29. The molecular formula is C12H11I. The zero-order valence-electron chi connectivity index (χ0n) is 7.76. The Bertz CT molecular complexity index is 458. The minimum atomic E-state index is 1.34. The van der Waals surface area contributed by atoms with E-state index in [0.29, 0.717) is 0 Å². The van der Waals surface area contributed by atoms with Crippen LogP contribution in [0.25, 0.3) is 10.8 Å². The Hall–Kier alpha value is -0.570. The van der Waals surface area contributed by atoms with Crippen molar-refractivity contribution < 1.29 is 0 Å². The maximum Gasteiger partial charge on any atom is 0.0168 e. The standard InChI is InChI=1S/C12H11I/c1-8-9(2)12(13)7-10-5-3-4-6-11(8)10/h3-7H,1-2H3. The zero-order chi connectivity index (χ0) is 9.42. The number of halogens is 1. The van der Waals surface area contributed by atoms with Crippen LogP contribution in [0.1, 0.15) is 11.1 Å². The van der Waals surface area contributed by atoms with Gasteiger partial charge in [0, 0.05) is 3.57 Å². The van der Waals surface area contributed by atoms with Gasteiger partial charge >= 0.3 is 0 Å². The molecule has 0 heterocycles. The van der Waals surface area contributed by atoms with Gasteiger partial charge in [0.1, 0.15) is 0 Å². The summed E-state index contributed by atoms with van der Waals surface area (Å²) in [5, 5.41) is 2.72. The quantitative estimate of drug-likeness (QED) is 0.639. The summed E-state index contributed by atoms with van der Waals surface area (Å²) in [4.78, 5) is 0. The number of fused-ring (bicyclic) bond motifs is 1. The fraction of sp³-hybridized carbons (Fsp3) is 0.167. The fourth-order valence-electron chi connectivity index (χ4n) is 1.59. The molecule has 2 aromatic rings. The summed E-state index contributed by atoms with van der Waals surface area (Å²) in [6.07, 6.45) is 0. The predicted octanol–water partition coefficient (Wildman–Crippen LogP) is 4.06. The van der Waals surface area contributed by atoms with Gasteiger partial charge in [0.15, 0.2) is 0 Å². The van der Waals surface area contributed by atoms with Crippen LogP contribution in [-0.4, -0.2) is 0 Å². The lowest BCUT2D eigenvalue weighted by atomic mass is 10.0. The molecule has 0 atom stereocenters. The average Bonchev–Trinajstić information content (AvgIpc) is 2.15. The van der Waals surface area contributed by atoms with Crippen molar-refractivity contribution >= 4 is 33.4 Å². The van der Waals surface area contributed by atoms with E-state index in [0.717, 1.165) is 0 Å². The molecular weight excluding hydrogens is 271 g/mol. The summed E-state index contributed by atoms with van der Waals surface area (Å²) in [5.41, 5.74) is 2.81.